The van der Waals surface area contributed by atoms with Gasteiger partial charge in [-0.15, -0.1) is 0 Å². The quantitative estimate of drug-likeness (QED) is 0.573. The van der Waals surface area contributed by atoms with Crippen LogP contribution >= 0.6 is 0 Å². The van der Waals surface area contributed by atoms with Gasteiger partial charge in [-0.05, 0) is 38.5 Å². The molecule has 0 bridgehead atoms. The Hall–Kier alpha value is -3.29. The molecule has 1 aromatic heterocycles. The lowest BCUT2D eigenvalue weighted by Gasteiger charge is -2.14. The number of hydrogen-bond donors (Lipinski definition) is 1. The van der Waals surface area contributed by atoms with Gasteiger partial charge in [-0.25, -0.2) is 9.59 Å². The minimum absolute atomic E-state index is 0.164. The number of H-pyrrole nitrogens is 1. The van der Waals surface area contributed by atoms with Gasteiger partial charge in [-0.2, -0.15) is 0 Å². The van der Waals surface area contributed by atoms with Crippen LogP contribution in [-0.4, -0.2) is 50.1 Å². The number of ether oxygens (including phenoxy) is 4. The van der Waals surface area contributed by atoms with Gasteiger partial charge >= 0.3 is 11.9 Å². The predicted molar refractivity (Wildman–Crippen MR) is 100 cm³/mol. The maximum atomic E-state index is 12.8. The number of Topliss-reactive ketones (excluding diaryl/α,β-unsaturated/α-hetero) is 1. The molecule has 0 saturated heterocycles. The number of hydrogen-bond acceptors (Lipinski definition) is 7. The molecule has 2 aromatic rings. The lowest BCUT2D eigenvalue weighted by atomic mass is 10.1. The van der Waals surface area contributed by atoms with Gasteiger partial charge in [0.2, 0.25) is 5.78 Å². The molecular formula is C20H23NO7. The van der Waals surface area contributed by atoms with E-state index in [4.69, 9.17) is 18.9 Å². The second-order valence-electron chi connectivity index (χ2n) is 6.09. The Labute approximate surface area is 162 Å². The van der Waals surface area contributed by atoms with Crippen molar-refractivity contribution in [3.8, 4) is 11.5 Å². The summed E-state index contributed by atoms with van der Waals surface area (Å²) in [5, 5.41) is 0. The molecule has 0 unspecified atom stereocenters. The van der Waals surface area contributed by atoms with E-state index in [1.165, 1.54) is 34.3 Å². The molecular weight excluding hydrogens is 366 g/mol. The average Bonchev–Trinajstić information content (AvgIpc) is 2.99. The van der Waals surface area contributed by atoms with Crippen molar-refractivity contribution in [2.75, 3.05) is 21.3 Å². The maximum Gasteiger partial charge on any atom is 0.342 e. The van der Waals surface area contributed by atoms with Crippen LogP contribution in [0.15, 0.2) is 18.2 Å². The first kappa shape index (κ1) is 21.0. The minimum Gasteiger partial charge on any atom is -0.497 e. The van der Waals surface area contributed by atoms with Gasteiger partial charge in [-0.3, -0.25) is 4.79 Å². The Balaban J connectivity index is 2.24. The summed E-state index contributed by atoms with van der Waals surface area (Å²) in [5.41, 5.74) is 1.60. The highest BCUT2D eigenvalue weighted by Gasteiger charge is 2.28. The number of ketones is 1. The summed E-state index contributed by atoms with van der Waals surface area (Å²) in [6, 6.07) is 4.63. The highest BCUT2D eigenvalue weighted by Crippen LogP contribution is 2.26. The lowest BCUT2D eigenvalue weighted by molar-refractivity contribution is 0.0313. The number of esters is 2. The first-order valence-electron chi connectivity index (χ1n) is 8.49. The molecule has 0 aliphatic carbocycles. The van der Waals surface area contributed by atoms with Gasteiger partial charge in [-0.1, -0.05) is 0 Å². The number of nitrogens with one attached hydrogen (secondary N) is 1. The molecule has 2 rings (SSSR count). The molecule has 0 aliphatic heterocycles. The third-order valence-electron chi connectivity index (χ3n) is 4.36. The van der Waals surface area contributed by atoms with Crippen LogP contribution in [0, 0.1) is 13.8 Å². The summed E-state index contributed by atoms with van der Waals surface area (Å²) in [7, 11) is 4.18. The van der Waals surface area contributed by atoms with Crippen LogP contribution in [0.5, 0.6) is 11.5 Å². The standard InChI is InChI=1S/C20H23NO7/c1-10-16(20(24)27-6)11(2)21-17(10)18(22)12(3)28-19(23)14-8-7-13(25-4)9-15(14)26-5/h7-9,12,21H,1-6H3/t12-/m0/s1. The third kappa shape index (κ3) is 4.00. The fraction of sp³-hybridized carbons (Fsp3) is 0.350. The van der Waals surface area contributed by atoms with Crippen molar-refractivity contribution < 1.29 is 33.3 Å². The summed E-state index contributed by atoms with van der Waals surface area (Å²) in [6.45, 7) is 4.75. The number of aromatic nitrogens is 1. The Bertz CT molecular complexity index is 914. The maximum absolute atomic E-state index is 12.8. The van der Waals surface area contributed by atoms with E-state index in [9.17, 15) is 14.4 Å². The number of aryl methyl sites for hydroxylation is 1. The smallest absolute Gasteiger partial charge is 0.342 e. The number of benzene rings is 1. The Morgan fingerprint density at radius 3 is 2.25 bits per heavy atom. The molecule has 0 fully saturated rings. The first-order valence-corrected chi connectivity index (χ1v) is 8.49. The summed E-state index contributed by atoms with van der Waals surface area (Å²) >= 11 is 0. The predicted octanol–water partition coefficient (Wildman–Crippen LogP) is 2.86. The van der Waals surface area contributed by atoms with Crippen LogP contribution in [0.3, 0.4) is 0 Å². The number of aromatic amines is 1. The molecule has 1 heterocycles. The molecule has 1 atom stereocenters. The molecule has 0 spiro atoms. The molecule has 150 valence electrons. The summed E-state index contributed by atoms with van der Waals surface area (Å²) < 4.78 is 20.3. The van der Waals surface area contributed by atoms with E-state index in [1.807, 2.05) is 0 Å². The highest BCUT2D eigenvalue weighted by molar-refractivity contribution is 6.04. The van der Waals surface area contributed by atoms with Gasteiger partial charge in [0.15, 0.2) is 6.10 Å². The molecule has 1 aromatic carbocycles. The number of carbonyl (C=O) groups is 3. The van der Waals surface area contributed by atoms with Gasteiger partial charge in [0.25, 0.3) is 0 Å². The van der Waals surface area contributed by atoms with E-state index in [2.05, 4.69) is 4.98 Å². The largest absolute Gasteiger partial charge is 0.497 e. The fourth-order valence-corrected chi connectivity index (χ4v) is 2.85. The molecule has 0 amide bonds. The molecule has 0 saturated carbocycles. The van der Waals surface area contributed by atoms with Crippen LogP contribution in [0.4, 0.5) is 0 Å². The monoisotopic (exact) mass is 389 g/mol. The molecule has 8 heteroatoms. The summed E-state index contributed by atoms with van der Waals surface area (Å²) in [4.78, 5) is 40.0. The van der Waals surface area contributed by atoms with Gasteiger partial charge in [0, 0.05) is 11.8 Å². The van der Waals surface area contributed by atoms with E-state index in [1.54, 1.807) is 26.0 Å². The van der Waals surface area contributed by atoms with Crippen LogP contribution in [0.25, 0.3) is 0 Å². The topological polar surface area (TPSA) is 104 Å². The van der Waals surface area contributed by atoms with Crippen LogP contribution in [0.1, 0.15) is 49.4 Å². The van der Waals surface area contributed by atoms with Crippen molar-refractivity contribution in [3.63, 3.8) is 0 Å². The summed E-state index contributed by atoms with van der Waals surface area (Å²) in [6.07, 6.45) is -1.08. The van der Waals surface area contributed by atoms with E-state index in [0.29, 0.717) is 22.6 Å². The zero-order chi connectivity index (χ0) is 21.0. The van der Waals surface area contributed by atoms with Crippen molar-refractivity contribution in [2.45, 2.75) is 26.9 Å². The molecule has 0 aliphatic rings. The number of rotatable bonds is 7. The third-order valence-corrected chi connectivity index (χ3v) is 4.36. The van der Waals surface area contributed by atoms with Crippen molar-refractivity contribution >= 4 is 17.7 Å². The Morgan fingerprint density at radius 1 is 1.00 bits per heavy atom. The fourth-order valence-electron chi connectivity index (χ4n) is 2.85. The van der Waals surface area contributed by atoms with Crippen LogP contribution in [-0.2, 0) is 9.47 Å². The van der Waals surface area contributed by atoms with Crippen LogP contribution in [0.2, 0.25) is 0 Å². The Kier molecular flexibility index (Phi) is 6.45. The zero-order valence-electron chi connectivity index (χ0n) is 16.7. The Morgan fingerprint density at radius 2 is 1.68 bits per heavy atom. The van der Waals surface area contributed by atoms with Crippen molar-refractivity contribution in [1.29, 1.82) is 0 Å². The van der Waals surface area contributed by atoms with E-state index >= 15 is 0 Å². The molecule has 8 nitrogen and oxygen atoms in total. The van der Waals surface area contributed by atoms with Crippen molar-refractivity contribution in [1.82, 2.24) is 4.98 Å². The van der Waals surface area contributed by atoms with E-state index < -0.39 is 23.8 Å². The first-order chi connectivity index (χ1) is 13.2. The minimum atomic E-state index is -1.08. The van der Waals surface area contributed by atoms with E-state index in [0.717, 1.165) is 0 Å². The van der Waals surface area contributed by atoms with E-state index in [-0.39, 0.29) is 17.0 Å². The normalized spacial score (nSPS) is 11.5. The van der Waals surface area contributed by atoms with Crippen LogP contribution < -0.4 is 9.47 Å². The SMILES string of the molecule is COC(=O)c1c(C)[nH]c(C(=O)[C@H](C)OC(=O)c2ccc(OC)cc2OC)c1C. The number of methoxy groups -OCH3 is 3. The van der Waals surface area contributed by atoms with Gasteiger partial charge in [0.1, 0.15) is 17.1 Å². The lowest BCUT2D eigenvalue weighted by Crippen LogP contribution is -2.25. The molecule has 28 heavy (non-hydrogen) atoms. The van der Waals surface area contributed by atoms with Crippen molar-refractivity contribution in [3.05, 3.63) is 46.3 Å². The average molecular weight is 389 g/mol. The molecule has 0 radical (unpaired) electrons. The summed E-state index contributed by atoms with van der Waals surface area (Å²) in [5.74, 6) is -0.932. The van der Waals surface area contributed by atoms with Gasteiger partial charge < -0.3 is 23.9 Å². The molecule has 1 N–H and O–H groups in total. The van der Waals surface area contributed by atoms with Gasteiger partial charge in [0.05, 0.1) is 32.6 Å². The number of carbonyl (C=O) groups excluding carboxylic acids is 3. The second kappa shape index (κ2) is 8.60. The second-order valence-corrected chi connectivity index (χ2v) is 6.09. The van der Waals surface area contributed by atoms with Crippen molar-refractivity contribution in [2.24, 2.45) is 0 Å². The zero-order valence-corrected chi connectivity index (χ0v) is 16.7. The highest BCUT2D eigenvalue weighted by atomic mass is 16.5.